The van der Waals surface area contributed by atoms with Crippen molar-refractivity contribution < 1.29 is 4.79 Å². The Labute approximate surface area is 153 Å². The van der Waals surface area contributed by atoms with E-state index in [0.29, 0.717) is 12.2 Å². The van der Waals surface area contributed by atoms with Crippen LogP contribution in [-0.4, -0.2) is 20.4 Å². The van der Waals surface area contributed by atoms with Crippen LogP contribution in [0.2, 0.25) is 0 Å². The molecule has 3 aromatic rings. The number of imidazole rings is 1. The van der Waals surface area contributed by atoms with Crippen LogP contribution in [0, 0.1) is 0 Å². The van der Waals surface area contributed by atoms with Crippen molar-refractivity contribution in [3.63, 3.8) is 0 Å². The third-order valence-electron chi connectivity index (χ3n) is 4.77. The summed E-state index contributed by atoms with van der Waals surface area (Å²) in [5, 5.41) is 2.97. The zero-order valence-corrected chi connectivity index (χ0v) is 14.7. The molecule has 0 unspecified atom stereocenters. The second kappa shape index (κ2) is 7.52. The van der Waals surface area contributed by atoms with E-state index in [2.05, 4.69) is 27.0 Å². The molecule has 1 N–H and O–H groups in total. The Kier molecular flexibility index (Phi) is 4.78. The van der Waals surface area contributed by atoms with E-state index in [-0.39, 0.29) is 5.91 Å². The summed E-state index contributed by atoms with van der Waals surface area (Å²) in [7, 11) is 0. The number of carbonyl (C=O) groups excluding carboxylic acids is 1. The maximum atomic E-state index is 12.8. The molecule has 2 aromatic heterocycles. The molecule has 0 fully saturated rings. The van der Waals surface area contributed by atoms with E-state index >= 15 is 0 Å². The predicted octanol–water partition coefficient (Wildman–Crippen LogP) is 3.60. The number of pyridine rings is 1. The molecule has 0 saturated carbocycles. The molecular weight excluding hydrogens is 324 g/mol. The van der Waals surface area contributed by atoms with Gasteiger partial charge in [-0.25, -0.2) is 4.98 Å². The van der Waals surface area contributed by atoms with Crippen molar-refractivity contribution in [1.29, 1.82) is 0 Å². The zero-order valence-electron chi connectivity index (χ0n) is 14.7. The van der Waals surface area contributed by atoms with Crippen LogP contribution in [0.1, 0.15) is 41.1 Å². The van der Waals surface area contributed by atoms with Crippen molar-refractivity contribution in [2.75, 3.05) is 0 Å². The molecule has 1 amide bonds. The van der Waals surface area contributed by atoms with E-state index in [9.17, 15) is 4.79 Å². The molecule has 1 aromatic carbocycles. The van der Waals surface area contributed by atoms with E-state index in [1.165, 1.54) is 6.42 Å². The van der Waals surface area contributed by atoms with E-state index in [1.807, 2.05) is 36.4 Å². The van der Waals surface area contributed by atoms with Gasteiger partial charge in [-0.05, 0) is 31.4 Å². The van der Waals surface area contributed by atoms with Crippen LogP contribution in [0.25, 0.3) is 11.4 Å². The molecule has 0 atom stereocenters. The average molecular weight is 346 g/mol. The van der Waals surface area contributed by atoms with Crippen molar-refractivity contribution >= 4 is 5.91 Å². The Hall–Kier alpha value is -2.95. The third kappa shape index (κ3) is 3.38. The summed E-state index contributed by atoms with van der Waals surface area (Å²) in [6.45, 7) is 1.33. The van der Waals surface area contributed by atoms with Gasteiger partial charge >= 0.3 is 0 Å². The Morgan fingerprint density at radius 1 is 1.04 bits per heavy atom. The highest BCUT2D eigenvalue weighted by atomic mass is 16.1. The van der Waals surface area contributed by atoms with Crippen LogP contribution in [0.4, 0.5) is 0 Å². The zero-order chi connectivity index (χ0) is 17.8. The Bertz CT molecular complexity index is 887. The van der Waals surface area contributed by atoms with Crippen LogP contribution >= 0.6 is 0 Å². The number of fused-ring (bicyclic) bond motifs is 1. The van der Waals surface area contributed by atoms with Crippen LogP contribution in [0.5, 0.6) is 0 Å². The van der Waals surface area contributed by atoms with Crippen LogP contribution in [0.15, 0.2) is 54.7 Å². The first kappa shape index (κ1) is 16.5. The standard InChI is InChI=1S/C21H22N4O/c26-21(23-15-17-11-6-7-13-22-17)19-18-12-5-2-8-14-25(18)20(24-19)16-9-3-1-4-10-16/h1,3-4,6-7,9-11,13H,2,5,8,12,14-15H2,(H,23,26). The number of hydrogen-bond donors (Lipinski definition) is 1. The minimum Gasteiger partial charge on any atom is -0.345 e. The maximum absolute atomic E-state index is 12.8. The van der Waals surface area contributed by atoms with Gasteiger partial charge in [-0.15, -0.1) is 0 Å². The summed E-state index contributed by atoms with van der Waals surface area (Å²) in [6, 6.07) is 15.8. The smallest absolute Gasteiger partial charge is 0.272 e. The summed E-state index contributed by atoms with van der Waals surface area (Å²) in [4.78, 5) is 21.8. The number of benzene rings is 1. The van der Waals surface area contributed by atoms with Gasteiger partial charge in [0.2, 0.25) is 0 Å². The normalized spacial score (nSPS) is 13.7. The van der Waals surface area contributed by atoms with Gasteiger partial charge in [0.15, 0.2) is 0 Å². The fourth-order valence-corrected chi connectivity index (χ4v) is 3.47. The highest BCUT2D eigenvalue weighted by Gasteiger charge is 2.24. The van der Waals surface area contributed by atoms with Crippen molar-refractivity contribution in [2.45, 2.75) is 38.8 Å². The van der Waals surface area contributed by atoms with E-state index < -0.39 is 0 Å². The molecule has 3 heterocycles. The highest BCUT2D eigenvalue weighted by Crippen LogP contribution is 2.27. The lowest BCUT2D eigenvalue weighted by Gasteiger charge is -2.09. The molecule has 0 saturated heterocycles. The molecule has 0 aliphatic carbocycles. The van der Waals surface area contributed by atoms with Crippen LogP contribution in [0.3, 0.4) is 0 Å². The fourth-order valence-electron chi connectivity index (χ4n) is 3.47. The summed E-state index contributed by atoms with van der Waals surface area (Å²) in [5.74, 6) is 0.772. The maximum Gasteiger partial charge on any atom is 0.272 e. The largest absolute Gasteiger partial charge is 0.345 e. The predicted molar refractivity (Wildman–Crippen MR) is 101 cm³/mol. The first-order chi connectivity index (χ1) is 12.8. The Balaban J connectivity index is 1.65. The molecule has 0 bridgehead atoms. The highest BCUT2D eigenvalue weighted by molar-refractivity contribution is 5.94. The summed E-state index contributed by atoms with van der Waals surface area (Å²) < 4.78 is 2.23. The summed E-state index contributed by atoms with van der Waals surface area (Å²) in [6.07, 6.45) is 6.04. The number of carbonyl (C=O) groups is 1. The number of rotatable bonds is 4. The van der Waals surface area contributed by atoms with E-state index in [4.69, 9.17) is 4.98 Å². The lowest BCUT2D eigenvalue weighted by atomic mass is 10.1. The topological polar surface area (TPSA) is 59.8 Å². The number of amides is 1. The first-order valence-corrected chi connectivity index (χ1v) is 9.16. The van der Waals surface area contributed by atoms with Gasteiger partial charge in [-0.1, -0.05) is 42.8 Å². The molecule has 132 valence electrons. The van der Waals surface area contributed by atoms with Gasteiger partial charge in [0.05, 0.1) is 17.9 Å². The first-order valence-electron chi connectivity index (χ1n) is 9.16. The van der Waals surface area contributed by atoms with Crippen LogP contribution < -0.4 is 5.32 Å². The third-order valence-corrected chi connectivity index (χ3v) is 4.77. The van der Waals surface area contributed by atoms with Crippen molar-refractivity contribution in [1.82, 2.24) is 19.9 Å². The molecule has 1 aliphatic rings. The number of nitrogens with zero attached hydrogens (tertiary/aromatic N) is 3. The van der Waals surface area contributed by atoms with Gasteiger partial charge in [0.1, 0.15) is 11.5 Å². The Morgan fingerprint density at radius 2 is 1.88 bits per heavy atom. The molecule has 26 heavy (non-hydrogen) atoms. The SMILES string of the molecule is O=C(NCc1ccccn1)c1nc(-c2ccccc2)n2c1CCCCC2. The van der Waals surface area contributed by atoms with Crippen molar-refractivity contribution in [2.24, 2.45) is 0 Å². The fraction of sp³-hybridized carbons (Fsp3) is 0.286. The quantitative estimate of drug-likeness (QED) is 0.785. The van der Waals surface area contributed by atoms with Gasteiger partial charge in [0, 0.05) is 18.3 Å². The molecule has 5 heteroatoms. The summed E-state index contributed by atoms with van der Waals surface area (Å²) in [5.41, 5.74) is 3.51. The van der Waals surface area contributed by atoms with E-state index in [1.54, 1.807) is 6.20 Å². The average Bonchev–Trinajstić information content (AvgIpc) is 2.89. The molecule has 1 aliphatic heterocycles. The van der Waals surface area contributed by atoms with E-state index in [0.717, 1.165) is 48.6 Å². The van der Waals surface area contributed by atoms with Crippen molar-refractivity contribution in [3.8, 4) is 11.4 Å². The lowest BCUT2D eigenvalue weighted by Crippen LogP contribution is -2.25. The second-order valence-corrected chi connectivity index (χ2v) is 6.56. The van der Waals surface area contributed by atoms with Gasteiger partial charge in [-0.3, -0.25) is 9.78 Å². The Morgan fingerprint density at radius 3 is 2.69 bits per heavy atom. The molecule has 5 nitrogen and oxygen atoms in total. The minimum absolute atomic E-state index is 0.122. The molecule has 0 spiro atoms. The molecular formula is C21H22N4O. The van der Waals surface area contributed by atoms with Gasteiger partial charge in [-0.2, -0.15) is 0 Å². The minimum atomic E-state index is -0.122. The molecule has 4 rings (SSSR count). The number of hydrogen-bond acceptors (Lipinski definition) is 3. The lowest BCUT2D eigenvalue weighted by molar-refractivity contribution is 0.0944. The molecule has 0 radical (unpaired) electrons. The number of aromatic nitrogens is 3. The van der Waals surface area contributed by atoms with Gasteiger partial charge < -0.3 is 9.88 Å². The van der Waals surface area contributed by atoms with Crippen molar-refractivity contribution in [3.05, 3.63) is 71.8 Å². The second-order valence-electron chi connectivity index (χ2n) is 6.56. The van der Waals surface area contributed by atoms with Crippen LogP contribution in [-0.2, 0) is 19.5 Å². The monoisotopic (exact) mass is 346 g/mol. The number of nitrogens with one attached hydrogen (secondary N) is 1. The summed E-state index contributed by atoms with van der Waals surface area (Å²) >= 11 is 0. The van der Waals surface area contributed by atoms with Gasteiger partial charge in [0.25, 0.3) is 5.91 Å².